The van der Waals surface area contributed by atoms with Gasteiger partial charge in [-0.3, -0.25) is 4.99 Å². The quantitative estimate of drug-likeness (QED) is 0.345. The van der Waals surface area contributed by atoms with Crippen molar-refractivity contribution in [3.63, 3.8) is 0 Å². The third-order valence-electron chi connectivity index (χ3n) is 5.00. The molecular formula is C22H33N5O2. The highest BCUT2D eigenvalue weighted by Gasteiger charge is 2.15. The number of benzene rings is 1. The van der Waals surface area contributed by atoms with Gasteiger partial charge >= 0.3 is 0 Å². The van der Waals surface area contributed by atoms with Crippen LogP contribution in [0.1, 0.15) is 30.7 Å². The Morgan fingerprint density at radius 3 is 2.97 bits per heavy atom. The number of hydrogen-bond acceptors (Lipinski definition) is 4. The van der Waals surface area contributed by atoms with Crippen molar-refractivity contribution in [2.24, 2.45) is 4.99 Å². The van der Waals surface area contributed by atoms with E-state index >= 15 is 0 Å². The van der Waals surface area contributed by atoms with E-state index in [0.717, 1.165) is 70.4 Å². The summed E-state index contributed by atoms with van der Waals surface area (Å²) < 4.78 is 13.3. The third kappa shape index (κ3) is 7.51. The lowest BCUT2D eigenvalue weighted by molar-refractivity contribution is 0.0420. The van der Waals surface area contributed by atoms with Crippen LogP contribution in [0.4, 0.5) is 0 Å². The molecule has 1 saturated heterocycles. The lowest BCUT2D eigenvalue weighted by atomic mass is 10.1. The minimum atomic E-state index is 0.271. The number of aryl methyl sites for hydroxylation is 2. The van der Waals surface area contributed by atoms with E-state index in [-0.39, 0.29) is 6.10 Å². The van der Waals surface area contributed by atoms with Gasteiger partial charge in [0.15, 0.2) is 5.96 Å². The smallest absolute Gasteiger partial charge is 0.191 e. The highest BCUT2D eigenvalue weighted by molar-refractivity contribution is 5.79. The monoisotopic (exact) mass is 399 g/mol. The average Bonchev–Trinajstić information content (AvgIpc) is 3.43. The first-order valence-electron chi connectivity index (χ1n) is 10.5. The minimum absolute atomic E-state index is 0.271. The molecule has 0 spiro atoms. The van der Waals surface area contributed by atoms with Crippen molar-refractivity contribution in [2.45, 2.75) is 44.9 Å². The predicted octanol–water partition coefficient (Wildman–Crippen LogP) is 2.38. The molecular weight excluding hydrogens is 366 g/mol. The summed E-state index contributed by atoms with van der Waals surface area (Å²) in [6.07, 6.45) is 8.28. The van der Waals surface area contributed by atoms with Crippen LogP contribution in [-0.2, 0) is 29.0 Å². The van der Waals surface area contributed by atoms with Gasteiger partial charge in [-0.1, -0.05) is 30.3 Å². The fraction of sp³-hybridized carbons (Fsp3) is 0.545. The molecule has 0 radical (unpaired) electrons. The molecule has 7 nitrogen and oxygen atoms in total. The molecule has 1 fully saturated rings. The Bertz CT molecular complexity index is 726. The molecule has 1 aromatic carbocycles. The number of guanidine groups is 1. The summed E-state index contributed by atoms with van der Waals surface area (Å²) in [6.45, 7) is 4.72. The summed E-state index contributed by atoms with van der Waals surface area (Å²) in [6, 6.07) is 10.6. The van der Waals surface area contributed by atoms with Crippen LogP contribution < -0.4 is 10.6 Å². The first-order chi connectivity index (χ1) is 14.3. The maximum absolute atomic E-state index is 5.78. The number of nitrogens with zero attached hydrogens (tertiary/aromatic N) is 3. The van der Waals surface area contributed by atoms with Crippen LogP contribution >= 0.6 is 0 Å². The third-order valence-corrected chi connectivity index (χ3v) is 5.00. The average molecular weight is 400 g/mol. The standard InChI is InChI=1S/C22H33N5O2/c1-23-22(25-11-6-15-29-20-10-16-28-18-20)26-17-21-24-12-14-27(21)13-5-9-19-7-3-2-4-8-19/h2-4,7-8,12,14,20H,5-6,9-11,13,15-18H2,1H3,(H2,23,25,26). The van der Waals surface area contributed by atoms with Crippen molar-refractivity contribution in [3.8, 4) is 0 Å². The lowest BCUT2D eigenvalue weighted by Crippen LogP contribution is -2.38. The van der Waals surface area contributed by atoms with Crippen molar-refractivity contribution in [1.29, 1.82) is 0 Å². The van der Waals surface area contributed by atoms with Crippen molar-refractivity contribution >= 4 is 5.96 Å². The number of rotatable bonds is 11. The Labute approximate surface area is 173 Å². The molecule has 158 valence electrons. The molecule has 29 heavy (non-hydrogen) atoms. The zero-order valence-electron chi connectivity index (χ0n) is 17.3. The van der Waals surface area contributed by atoms with Gasteiger partial charge in [0.25, 0.3) is 0 Å². The predicted molar refractivity (Wildman–Crippen MR) is 115 cm³/mol. The van der Waals surface area contributed by atoms with Crippen LogP contribution in [0.2, 0.25) is 0 Å². The zero-order chi connectivity index (χ0) is 20.2. The number of aliphatic imine (C=N–C) groups is 1. The van der Waals surface area contributed by atoms with E-state index in [4.69, 9.17) is 9.47 Å². The Morgan fingerprint density at radius 1 is 1.28 bits per heavy atom. The summed E-state index contributed by atoms with van der Waals surface area (Å²) in [5.74, 6) is 1.80. The van der Waals surface area contributed by atoms with Crippen molar-refractivity contribution < 1.29 is 9.47 Å². The van der Waals surface area contributed by atoms with Crippen LogP contribution in [0, 0.1) is 0 Å². The second-order valence-corrected chi connectivity index (χ2v) is 7.19. The van der Waals surface area contributed by atoms with Gasteiger partial charge in [-0.05, 0) is 31.2 Å². The molecule has 2 N–H and O–H groups in total. The summed E-state index contributed by atoms with van der Waals surface area (Å²) >= 11 is 0. The highest BCUT2D eigenvalue weighted by Crippen LogP contribution is 2.08. The Balaban J connectivity index is 1.32. The number of imidazole rings is 1. The second-order valence-electron chi connectivity index (χ2n) is 7.19. The van der Waals surface area contributed by atoms with E-state index in [1.807, 2.05) is 12.4 Å². The van der Waals surface area contributed by atoms with Crippen molar-refractivity contribution in [1.82, 2.24) is 20.2 Å². The first-order valence-corrected chi connectivity index (χ1v) is 10.5. The normalized spacial score (nSPS) is 16.9. The molecule has 1 aliphatic heterocycles. The first kappa shape index (κ1) is 21.3. The minimum Gasteiger partial charge on any atom is -0.379 e. The molecule has 3 rings (SSSR count). The fourth-order valence-corrected chi connectivity index (χ4v) is 3.37. The molecule has 0 amide bonds. The summed E-state index contributed by atoms with van der Waals surface area (Å²) in [4.78, 5) is 8.78. The molecule has 1 unspecified atom stereocenters. The molecule has 1 atom stereocenters. The molecule has 1 aliphatic rings. The van der Waals surface area contributed by atoms with Gasteiger partial charge < -0.3 is 24.7 Å². The summed E-state index contributed by atoms with van der Waals surface area (Å²) in [5, 5.41) is 6.68. The lowest BCUT2D eigenvalue weighted by Gasteiger charge is -2.14. The molecule has 2 aromatic rings. The van der Waals surface area contributed by atoms with Crippen LogP contribution in [0.25, 0.3) is 0 Å². The van der Waals surface area contributed by atoms with Gasteiger partial charge in [0, 0.05) is 45.7 Å². The highest BCUT2D eigenvalue weighted by atomic mass is 16.5. The maximum atomic E-state index is 5.78. The van der Waals surface area contributed by atoms with Crippen LogP contribution in [-0.4, -0.2) is 55.0 Å². The van der Waals surface area contributed by atoms with Crippen LogP contribution in [0.5, 0.6) is 0 Å². The molecule has 2 heterocycles. The van der Waals surface area contributed by atoms with Crippen LogP contribution in [0.15, 0.2) is 47.7 Å². The number of aromatic nitrogens is 2. The molecule has 0 aliphatic carbocycles. The van der Waals surface area contributed by atoms with E-state index in [1.54, 1.807) is 7.05 Å². The molecule has 7 heteroatoms. The molecule has 0 bridgehead atoms. The maximum Gasteiger partial charge on any atom is 0.191 e. The molecule has 1 aromatic heterocycles. The Hall–Kier alpha value is -2.38. The van der Waals surface area contributed by atoms with Gasteiger partial charge in [-0.15, -0.1) is 0 Å². The topological polar surface area (TPSA) is 72.7 Å². The molecule has 0 saturated carbocycles. The number of nitrogens with one attached hydrogen (secondary N) is 2. The number of hydrogen-bond donors (Lipinski definition) is 2. The summed E-state index contributed by atoms with van der Waals surface area (Å²) in [5.41, 5.74) is 1.38. The fourth-order valence-electron chi connectivity index (χ4n) is 3.37. The van der Waals surface area contributed by atoms with E-state index in [2.05, 4.69) is 55.5 Å². The van der Waals surface area contributed by atoms with Gasteiger partial charge in [0.1, 0.15) is 5.82 Å². The van der Waals surface area contributed by atoms with Crippen molar-refractivity contribution in [2.75, 3.05) is 33.4 Å². The largest absolute Gasteiger partial charge is 0.379 e. The Morgan fingerprint density at radius 2 is 2.17 bits per heavy atom. The SMILES string of the molecule is CN=C(NCCCOC1CCOC1)NCc1nccn1CCCc1ccccc1. The zero-order valence-corrected chi connectivity index (χ0v) is 17.3. The second kappa shape index (κ2) is 12.2. The van der Waals surface area contributed by atoms with Gasteiger partial charge in [0.2, 0.25) is 0 Å². The summed E-state index contributed by atoms with van der Waals surface area (Å²) in [7, 11) is 1.79. The Kier molecular flexibility index (Phi) is 9.00. The van der Waals surface area contributed by atoms with Crippen molar-refractivity contribution in [3.05, 3.63) is 54.1 Å². The van der Waals surface area contributed by atoms with E-state index < -0.39 is 0 Å². The van der Waals surface area contributed by atoms with E-state index in [0.29, 0.717) is 6.54 Å². The van der Waals surface area contributed by atoms with Gasteiger partial charge in [0.05, 0.1) is 19.3 Å². The van der Waals surface area contributed by atoms with E-state index in [9.17, 15) is 0 Å². The van der Waals surface area contributed by atoms with Gasteiger partial charge in [-0.2, -0.15) is 0 Å². The number of ether oxygens (including phenoxy) is 2. The van der Waals surface area contributed by atoms with Crippen LogP contribution in [0.3, 0.4) is 0 Å². The van der Waals surface area contributed by atoms with Gasteiger partial charge in [-0.25, -0.2) is 4.98 Å². The van der Waals surface area contributed by atoms with E-state index in [1.165, 1.54) is 5.56 Å².